The molecule has 1 aliphatic rings. The van der Waals surface area contributed by atoms with Crippen LogP contribution in [0.2, 0.25) is 0 Å². The summed E-state index contributed by atoms with van der Waals surface area (Å²) in [5.41, 5.74) is 3.17. The number of rotatable bonds is 3. The van der Waals surface area contributed by atoms with Gasteiger partial charge in [-0.15, -0.1) is 0 Å². The third-order valence-electron chi connectivity index (χ3n) is 2.85. The zero-order valence-corrected chi connectivity index (χ0v) is 9.49. The van der Waals surface area contributed by atoms with Crippen LogP contribution in [0.3, 0.4) is 0 Å². The minimum Gasteiger partial charge on any atom is -0.477 e. The molecule has 2 rings (SSSR count). The van der Waals surface area contributed by atoms with Gasteiger partial charge in [-0.1, -0.05) is 12.2 Å². The fourth-order valence-electron chi connectivity index (χ4n) is 2.22. The van der Waals surface area contributed by atoms with Crippen LogP contribution in [0, 0.1) is 0 Å². The summed E-state index contributed by atoms with van der Waals surface area (Å²) in [6.45, 7) is 6.18. The van der Waals surface area contributed by atoms with Gasteiger partial charge in [0.2, 0.25) is 0 Å². The van der Waals surface area contributed by atoms with Gasteiger partial charge in [0, 0.05) is 5.56 Å². The lowest BCUT2D eigenvalue weighted by molar-refractivity contribution is 0.0682. The molecule has 1 aliphatic carbocycles. The van der Waals surface area contributed by atoms with Crippen molar-refractivity contribution in [3.8, 4) is 0 Å². The lowest BCUT2D eigenvalue weighted by Gasteiger charge is -2.09. The highest BCUT2D eigenvalue weighted by Gasteiger charge is 2.24. The molecule has 0 aliphatic heterocycles. The highest BCUT2D eigenvalue weighted by Crippen LogP contribution is 2.24. The molecule has 16 heavy (non-hydrogen) atoms. The van der Waals surface area contributed by atoms with Gasteiger partial charge in [-0.3, -0.25) is 4.68 Å². The molecule has 1 heterocycles. The second kappa shape index (κ2) is 4.12. The van der Waals surface area contributed by atoms with Crippen molar-refractivity contribution < 1.29 is 9.90 Å². The summed E-state index contributed by atoms with van der Waals surface area (Å²) in [7, 11) is 0. The van der Waals surface area contributed by atoms with E-state index >= 15 is 0 Å². The highest BCUT2D eigenvalue weighted by molar-refractivity contribution is 5.87. The van der Waals surface area contributed by atoms with E-state index in [-0.39, 0.29) is 0 Å². The number of fused-ring (bicyclic) bond motifs is 1. The number of aromatic carboxylic acids is 1. The van der Waals surface area contributed by atoms with E-state index in [9.17, 15) is 9.90 Å². The van der Waals surface area contributed by atoms with E-state index in [1.807, 2.05) is 6.92 Å². The Morgan fingerprint density at radius 2 is 2.19 bits per heavy atom. The van der Waals surface area contributed by atoms with Crippen molar-refractivity contribution in [2.45, 2.75) is 39.2 Å². The minimum absolute atomic E-state index is 0.359. The normalized spacial score (nSPS) is 14.6. The van der Waals surface area contributed by atoms with E-state index in [2.05, 4.69) is 11.7 Å². The predicted octanol–water partition coefficient (Wildman–Crippen LogP) is 2.04. The van der Waals surface area contributed by atoms with E-state index in [0.717, 1.165) is 42.5 Å². The first-order chi connectivity index (χ1) is 7.59. The van der Waals surface area contributed by atoms with Gasteiger partial charge in [0.15, 0.2) is 0 Å². The lowest BCUT2D eigenvalue weighted by atomic mass is 9.96. The van der Waals surface area contributed by atoms with Gasteiger partial charge in [-0.25, -0.2) is 4.79 Å². The zero-order valence-electron chi connectivity index (χ0n) is 9.49. The molecule has 0 radical (unpaired) electrons. The van der Waals surface area contributed by atoms with Crippen LogP contribution in [0.15, 0.2) is 12.2 Å². The molecule has 0 amide bonds. The van der Waals surface area contributed by atoms with Crippen molar-refractivity contribution in [3.63, 3.8) is 0 Å². The molecule has 1 aromatic rings. The smallest absolute Gasteiger partial charge is 0.354 e. The average molecular weight is 220 g/mol. The summed E-state index contributed by atoms with van der Waals surface area (Å²) in [6.07, 6.45) is 3.91. The Balaban J connectivity index is 2.47. The van der Waals surface area contributed by atoms with Gasteiger partial charge in [0.1, 0.15) is 5.69 Å². The van der Waals surface area contributed by atoms with Crippen LogP contribution >= 0.6 is 0 Å². The van der Waals surface area contributed by atoms with E-state index in [1.165, 1.54) is 0 Å². The fourth-order valence-corrected chi connectivity index (χ4v) is 2.22. The maximum Gasteiger partial charge on any atom is 0.354 e. The van der Waals surface area contributed by atoms with Crippen LogP contribution in [-0.2, 0) is 19.4 Å². The molecule has 4 heteroatoms. The number of hydrogen-bond donors (Lipinski definition) is 1. The highest BCUT2D eigenvalue weighted by atomic mass is 16.4. The number of carboxylic acid groups (broad SMARTS) is 1. The number of nitrogens with zero attached hydrogens (tertiary/aromatic N) is 2. The second-order valence-corrected chi connectivity index (χ2v) is 4.40. The number of aromatic nitrogens is 2. The summed E-state index contributed by atoms with van der Waals surface area (Å²) >= 11 is 0. The Labute approximate surface area is 94.6 Å². The second-order valence-electron chi connectivity index (χ2n) is 4.40. The summed E-state index contributed by atoms with van der Waals surface area (Å²) in [4.78, 5) is 11.2. The van der Waals surface area contributed by atoms with E-state index in [0.29, 0.717) is 12.2 Å². The van der Waals surface area contributed by atoms with Crippen LogP contribution in [0.5, 0.6) is 0 Å². The lowest BCUT2D eigenvalue weighted by Crippen LogP contribution is -2.12. The molecule has 0 atom stereocenters. The molecule has 0 aromatic carbocycles. The van der Waals surface area contributed by atoms with Gasteiger partial charge in [-0.05, 0) is 32.6 Å². The number of hydrogen-bond acceptors (Lipinski definition) is 2. The Morgan fingerprint density at radius 3 is 2.81 bits per heavy atom. The maximum absolute atomic E-state index is 11.2. The molecule has 0 saturated heterocycles. The maximum atomic E-state index is 11.2. The summed E-state index contributed by atoms with van der Waals surface area (Å²) in [5, 5.41) is 13.6. The van der Waals surface area contributed by atoms with Gasteiger partial charge in [0.25, 0.3) is 0 Å². The van der Waals surface area contributed by atoms with E-state index in [4.69, 9.17) is 0 Å². The van der Waals surface area contributed by atoms with Gasteiger partial charge in [-0.2, -0.15) is 5.10 Å². The third-order valence-corrected chi connectivity index (χ3v) is 2.85. The molecule has 4 nitrogen and oxygen atoms in total. The Morgan fingerprint density at radius 1 is 1.50 bits per heavy atom. The third kappa shape index (κ3) is 1.87. The van der Waals surface area contributed by atoms with Crippen molar-refractivity contribution in [1.82, 2.24) is 9.78 Å². The molecule has 0 saturated carbocycles. The van der Waals surface area contributed by atoms with Crippen molar-refractivity contribution in [3.05, 3.63) is 29.1 Å². The van der Waals surface area contributed by atoms with Crippen LogP contribution in [0.25, 0.3) is 0 Å². The predicted molar refractivity (Wildman–Crippen MR) is 60.6 cm³/mol. The first kappa shape index (κ1) is 10.9. The Kier molecular flexibility index (Phi) is 2.81. The molecular weight excluding hydrogens is 204 g/mol. The molecule has 0 bridgehead atoms. The Hall–Kier alpha value is -1.58. The number of allylic oxidation sites excluding steroid dienone is 1. The van der Waals surface area contributed by atoms with E-state index < -0.39 is 5.97 Å². The van der Waals surface area contributed by atoms with Gasteiger partial charge >= 0.3 is 5.97 Å². The zero-order chi connectivity index (χ0) is 11.7. The van der Waals surface area contributed by atoms with Crippen LogP contribution in [0.1, 0.15) is 41.5 Å². The number of carboxylic acids is 1. The van der Waals surface area contributed by atoms with Crippen LogP contribution in [-0.4, -0.2) is 20.9 Å². The number of aryl methyl sites for hydroxylation is 1. The SMILES string of the molecule is C=C(C)Cn1nc2c(c1C(=O)O)CCCC2. The molecule has 0 spiro atoms. The molecule has 0 fully saturated rings. The summed E-state index contributed by atoms with van der Waals surface area (Å²) < 4.78 is 1.58. The minimum atomic E-state index is -0.878. The molecular formula is C12H16N2O2. The fraction of sp³-hybridized carbons (Fsp3) is 0.500. The first-order valence-electron chi connectivity index (χ1n) is 5.56. The topological polar surface area (TPSA) is 55.1 Å². The first-order valence-corrected chi connectivity index (χ1v) is 5.56. The quantitative estimate of drug-likeness (QED) is 0.793. The van der Waals surface area contributed by atoms with Crippen LogP contribution < -0.4 is 0 Å². The average Bonchev–Trinajstić information content (AvgIpc) is 2.53. The Bertz CT molecular complexity index is 446. The van der Waals surface area contributed by atoms with Crippen molar-refractivity contribution in [2.24, 2.45) is 0 Å². The van der Waals surface area contributed by atoms with Crippen molar-refractivity contribution in [1.29, 1.82) is 0 Å². The largest absolute Gasteiger partial charge is 0.477 e. The number of carbonyl (C=O) groups is 1. The molecule has 86 valence electrons. The van der Waals surface area contributed by atoms with Crippen molar-refractivity contribution in [2.75, 3.05) is 0 Å². The van der Waals surface area contributed by atoms with Crippen LogP contribution in [0.4, 0.5) is 0 Å². The summed E-state index contributed by atoms with van der Waals surface area (Å²) in [5.74, 6) is -0.878. The monoisotopic (exact) mass is 220 g/mol. The molecule has 0 unspecified atom stereocenters. The summed E-state index contributed by atoms with van der Waals surface area (Å²) in [6, 6.07) is 0. The molecule has 1 N–H and O–H groups in total. The van der Waals surface area contributed by atoms with E-state index in [1.54, 1.807) is 4.68 Å². The standard InChI is InChI=1S/C12H16N2O2/c1-8(2)7-14-11(12(15)16)9-5-3-4-6-10(9)13-14/h1,3-7H2,2H3,(H,15,16). The van der Waals surface area contributed by atoms with Gasteiger partial charge < -0.3 is 5.11 Å². The van der Waals surface area contributed by atoms with Crippen molar-refractivity contribution >= 4 is 5.97 Å². The molecule has 1 aromatic heterocycles. The van der Waals surface area contributed by atoms with Gasteiger partial charge in [0.05, 0.1) is 12.2 Å².